The van der Waals surface area contributed by atoms with Crippen molar-refractivity contribution in [2.75, 3.05) is 7.11 Å². The Hall–Kier alpha value is -2.35. The Labute approximate surface area is 162 Å². The molecule has 0 radical (unpaired) electrons. The lowest BCUT2D eigenvalue weighted by molar-refractivity contribution is -0.145. The smallest absolute Gasteiger partial charge is 0.416 e. The largest absolute Gasteiger partial charge is 0.467 e. The minimum Gasteiger partial charge on any atom is -0.467 e. The van der Waals surface area contributed by atoms with Gasteiger partial charge in [0.2, 0.25) is 5.91 Å². The fourth-order valence-corrected chi connectivity index (χ4v) is 2.70. The zero-order chi connectivity index (χ0) is 20.0. The van der Waals surface area contributed by atoms with Gasteiger partial charge in [-0.15, -0.1) is 0 Å². The van der Waals surface area contributed by atoms with Crippen LogP contribution in [0.4, 0.5) is 13.2 Å². The number of methoxy groups -OCH3 is 1. The van der Waals surface area contributed by atoms with Crippen LogP contribution in [-0.2, 0) is 33.3 Å². The molecule has 0 aromatic heterocycles. The van der Waals surface area contributed by atoms with Crippen molar-refractivity contribution in [1.29, 1.82) is 0 Å². The van der Waals surface area contributed by atoms with E-state index >= 15 is 0 Å². The first kappa shape index (κ1) is 21.0. The molecule has 0 aliphatic carbocycles. The molecule has 0 fully saturated rings. The number of ether oxygens (including phenoxy) is 1. The summed E-state index contributed by atoms with van der Waals surface area (Å²) in [5, 5.41) is 2.58. The van der Waals surface area contributed by atoms with Gasteiger partial charge >= 0.3 is 12.1 Å². The second-order valence-electron chi connectivity index (χ2n) is 5.85. The molecule has 0 heterocycles. The molecular weight excluding hydrogens is 427 g/mol. The Kier molecular flexibility index (Phi) is 7.01. The van der Waals surface area contributed by atoms with Gasteiger partial charge in [0.1, 0.15) is 6.04 Å². The summed E-state index contributed by atoms with van der Waals surface area (Å²) < 4.78 is 43.3. The summed E-state index contributed by atoms with van der Waals surface area (Å²) in [6, 6.07) is 10.7. The van der Waals surface area contributed by atoms with E-state index in [1.807, 2.05) is 24.3 Å². The molecule has 27 heavy (non-hydrogen) atoms. The topological polar surface area (TPSA) is 55.4 Å². The summed E-state index contributed by atoms with van der Waals surface area (Å²) in [7, 11) is 1.22. The first-order valence-corrected chi connectivity index (χ1v) is 8.76. The molecule has 4 nitrogen and oxygen atoms in total. The van der Waals surface area contributed by atoms with Crippen molar-refractivity contribution < 1.29 is 27.5 Å². The van der Waals surface area contributed by atoms with Crippen molar-refractivity contribution in [2.45, 2.75) is 25.1 Å². The Balaban J connectivity index is 2.02. The summed E-state index contributed by atoms with van der Waals surface area (Å²) in [6.45, 7) is 0. The maximum absolute atomic E-state index is 12.6. The fourth-order valence-electron chi connectivity index (χ4n) is 2.43. The van der Waals surface area contributed by atoms with Gasteiger partial charge in [-0.3, -0.25) is 4.79 Å². The molecule has 0 aliphatic rings. The van der Waals surface area contributed by atoms with Gasteiger partial charge in [-0.1, -0.05) is 40.2 Å². The number of carbonyl (C=O) groups excluding carboxylic acids is 2. The Morgan fingerprint density at radius 1 is 1.04 bits per heavy atom. The third-order valence-electron chi connectivity index (χ3n) is 3.82. The molecule has 2 aromatic rings. The molecular formula is C19H17BrF3NO3. The second-order valence-corrected chi connectivity index (χ2v) is 6.76. The van der Waals surface area contributed by atoms with Gasteiger partial charge in [-0.2, -0.15) is 13.2 Å². The molecule has 0 saturated carbocycles. The molecule has 0 aliphatic heterocycles. The van der Waals surface area contributed by atoms with E-state index in [2.05, 4.69) is 21.2 Å². The molecule has 0 unspecified atom stereocenters. The maximum Gasteiger partial charge on any atom is 0.416 e. The Bertz CT molecular complexity index is 789. The number of halogens is 4. The van der Waals surface area contributed by atoms with Gasteiger partial charge in [0.15, 0.2) is 0 Å². The van der Waals surface area contributed by atoms with Crippen molar-refractivity contribution in [3.05, 3.63) is 69.7 Å². The highest BCUT2D eigenvalue weighted by molar-refractivity contribution is 9.10. The molecule has 0 bridgehead atoms. The van der Waals surface area contributed by atoms with E-state index in [0.717, 1.165) is 22.2 Å². The van der Waals surface area contributed by atoms with Crippen LogP contribution in [0.1, 0.15) is 16.7 Å². The van der Waals surface area contributed by atoms with Crippen LogP contribution >= 0.6 is 15.9 Å². The van der Waals surface area contributed by atoms with Gasteiger partial charge in [-0.05, 0) is 35.4 Å². The lowest BCUT2D eigenvalue weighted by Gasteiger charge is -2.17. The first-order chi connectivity index (χ1) is 12.7. The zero-order valence-corrected chi connectivity index (χ0v) is 15.9. The third kappa shape index (κ3) is 6.39. The second kappa shape index (κ2) is 9.03. The van der Waals surface area contributed by atoms with Crippen LogP contribution < -0.4 is 5.32 Å². The predicted molar refractivity (Wildman–Crippen MR) is 96.9 cm³/mol. The molecule has 0 saturated heterocycles. The number of hydrogen-bond acceptors (Lipinski definition) is 3. The summed E-state index contributed by atoms with van der Waals surface area (Å²) >= 11 is 3.32. The molecule has 1 N–H and O–H groups in total. The quantitative estimate of drug-likeness (QED) is 0.688. The highest BCUT2D eigenvalue weighted by Crippen LogP contribution is 2.29. The summed E-state index contributed by atoms with van der Waals surface area (Å²) in [6.07, 6.45) is -4.34. The summed E-state index contributed by atoms with van der Waals surface area (Å²) in [4.78, 5) is 24.2. The van der Waals surface area contributed by atoms with Crippen LogP contribution in [0, 0.1) is 0 Å². The highest BCUT2D eigenvalue weighted by atomic mass is 79.9. The minimum atomic E-state index is -4.43. The number of nitrogens with one attached hydrogen (secondary N) is 1. The first-order valence-electron chi connectivity index (χ1n) is 7.97. The molecule has 2 rings (SSSR count). The number of hydrogen-bond donors (Lipinski definition) is 1. The molecule has 8 heteroatoms. The van der Waals surface area contributed by atoms with Gasteiger partial charge in [0.05, 0.1) is 19.1 Å². The number of amides is 1. The molecule has 1 atom stereocenters. The van der Waals surface area contributed by atoms with Crippen molar-refractivity contribution in [2.24, 2.45) is 0 Å². The summed E-state index contributed by atoms with van der Waals surface area (Å²) in [5.74, 6) is -1.08. The third-order valence-corrected chi connectivity index (χ3v) is 4.35. The highest BCUT2D eigenvalue weighted by Gasteiger charge is 2.30. The van der Waals surface area contributed by atoms with Crippen LogP contribution in [0.5, 0.6) is 0 Å². The molecule has 2 aromatic carbocycles. The van der Waals surface area contributed by atoms with E-state index in [4.69, 9.17) is 4.74 Å². The van der Waals surface area contributed by atoms with Crippen molar-refractivity contribution in [1.82, 2.24) is 5.32 Å². The van der Waals surface area contributed by atoms with Gasteiger partial charge in [-0.25, -0.2) is 4.79 Å². The molecule has 1 amide bonds. The normalized spacial score (nSPS) is 12.3. The molecule has 144 valence electrons. The average Bonchev–Trinajstić information content (AvgIpc) is 2.62. The van der Waals surface area contributed by atoms with E-state index in [0.29, 0.717) is 5.56 Å². The van der Waals surface area contributed by atoms with Crippen LogP contribution in [-0.4, -0.2) is 25.0 Å². The minimum absolute atomic E-state index is 0.147. The van der Waals surface area contributed by atoms with E-state index < -0.39 is 29.7 Å². The lowest BCUT2D eigenvalue weighted by atomic mass is 10.0. The number of alkyl halides is 3. The Morgan fingerprint density at radius 2 is 1.59 bits per heavy atom. The van der Waals surface area contributed by atoms with E-state index in [1.165, 1.54) is 19.2 Å². The number of benzene rings is 2. The van der Waals surface area contributed by atoms with Crippen molar-refractivity contribution in [3.63, 3.8) is 0 Å². The standard InChI is InChI=1S/C19H17BrF3NO3/c1-27-18(26)16(10-12-4-8-15(20)9-5-12)24-17(25)11-13-2-6-14(7-3-13)19(21,22)23/h2-9,16H,10-11H2,1H3,(H,24,25)/t16-/m1/s1. The van der Waals surface area contributed by atoms with Crippen LogP contribution in [0.15, 0.2) is 53.0 Å². The average molecular weight is 444 g/mol. The number of carbonyl (C=O) groups is 2. The van der Waals surface area contributed by atoms with Gasteiger partial charge in [0.25, 0.3) is 0 Å². The number of rotatable bonds is 6. The SMILES string of the molecule is COC(=O)[C@@H](Cc1ccc(Br)cc1)NC(=O)Cc1ccc(C(F)(F)F)cc1. The van der Waals surface area contributed by atoms with Crippen LogP contribution in [0.3, 0.4) is 0 Å². The van der Waals surface area contributed by atoms with Crippen LogP contribution in [0.2, 0.25) is 0 Å². The van der Waals surface area contributed by atoms with Crippen molar-refractivity contribution in [3.8, 4) is 0 Å². The monoisotopic (exact) mass is 443 g/mol. The van der Waals surface area contributed by atoms with Gasteiger partial charge in [0, 0.05) is 10.9 Å². The Morgan fingerprint density at radius 3 is 2.11 bits per heavy atom. The number of esters is 1. The lowest BCUT2D eigenvalue weighted by Crippen LogP contribution is -2.43. The van der Waals surface area contributed by atoms with Gasteiger partial charge < -0.3 is 10.1 Å². The predicted octanol–water partition coefficient (Wildman–Crippen LogP) is 3.91. The summed E-state index contributed by atoms with van der Waals surface area (Å²) in [5.41, 5.74) is 0.450. The van der Waals surface area contributed by atoms with Crippen molar-refractivity contribution >= 4 is 27.8 Å². The van der Waals surface area contributed by atoms with E-state index in [-0.39, 0.29) is 12.8 Å². The fraction of sp³-hybridized carbons (Fsp3) is 0.263. The van der Waals surface area contributed by atoms with E-state index in [1.54, 1.807) is 0 Å². The van der Waals surface area contributed by atoms with Crippen LogP contribution in [0.25, 0.3) is 0 Å². The zero-order valence-electron chi connectivity index (χ0n) is 14.3. The molecule has 0 spiro atoms. The van der Waals surface area contributed by atoms with E-state index in [9.17, 15) is 22.8 Å². The maximum atomic E-state index is 12.6.